The van der Waals surface area contributed by atoms with E-state index in [9.17, 15) is 22.8 Å². The van der Waals surface area contributed by atoms with Crippen LogP contribution >= 0.6 is 0 Å². The lowest BCUT2D eigenvalue weighted by Crippen LogP contribution is -2.35. The minimum atomic E-state index is -3.91. The van der Waals surface area contributed by atoms with Crippen LogP contribution in [-0.2, 0) is 24.4 Å². The zero-order valence-electron chi connectivity index (χ0n) is 17.9. The normalized spacial score (nSPS) is 11.1. The van der Waals surface area contributed by atoms with E-state index < -0.39 is 22.5 Å². The highest BCUT2D eigenvalue weighted by molar-refractivity contribution is 7.89. The number of benzene rings is 2. The lowest BCUT2D eigenvalue weighted by Gasteiger charge is -2.18. The minimum absolute atomic E-state index is 0.00245. The molecule has 31 heavy (non-hydrogen) atoms. The molecule has 9 nitrogen and oxygen atoms in total. The molecule has 10 heteroatoms. The van der Waals surface area contributed by atoms with Crippen molar-refractivity contribution in [2.75, 3.05) is 29.5 Å². The highest BCUT2D eigenvalue weighted by Gasteiger charge is 2.23. The van der Waals surface area contributed by atoms with Crippen LogP contribution in [0.15, 0.2) is 47.4 Å². The molecule has 3 N–H and O–H groups in total. The Bertz CT molecular complexity index is 1080. The number of likely N-dealkylation sites (N-methyl/N-ethyl adjacent to an activating group) is 1. The quantitative estimate of drug-likeness (QED) is 0.575. The molecule has 0 aliphatic heterocycles. The molecule has 0 heterocycles. The lowest BCUT2D eigenvalue weighted by atomic mass is 10.1. The molecule has 0 fully saturated rings. The maximum atomic E-state index is 12.7. The summed E-state index contributed by atoms with van der Waals surface area (Å²) in [4.78, 5) is 35.1. The molecule has 0 spiro atoms. The molecule has 0 aliphatic rings. The van der Waals surface area contributed by atoms with E-state index in [1.807, 2.05) is 0 Å². The van der Waals surface area contributed by atoms with Gasteiger partial charge in [-0.05, 0) is 48.9 Å². The molecule has 2 aromatic carbocycles. The van der Waals surface area contributed by atoms with E-state index in [4.69, 9.17) is 0 Å². The Morgan fingerprint density at radius 2 is 1.52 bits per heavy atom. The molecule has 0 unspecified atom stereocenters. The van der Waals surface area contributed by atoms with Crippen molar-refractivity contribution >= 4 is 44.8 Å². The first-order valence-corrected chi connectivity index (χ1v) is 11.0. The van der Waals surface area contributed by atoms with Crippen molar-refractivity contribution < 1.29 is 22.8 Å². The molecule has 0 saturated carbocycles. The standard InChI is InChI=1S/C21H26N4O5S/c1-5-20(27)23-17-7-6-14(2)19(12-17)24-21(28)13-25(4)31(29,30)18-10-8-16(9-11-18)22-15(3)26/h6-12H,5,13H2,1-4H3,(H,22,26)(H,23,27)(H,24,28). The number of carbonyl (C=O) groups is 3. The van der Waals surface area contributed by atoms with E-state index in [0.29, 0.717) is 23.5 Å². The van der Waals surface area contributed by atoms with Crippen LogP contribution < -0.4 is 16.0 Å². The van der Waals surface area contributed by atoms with Crippen LogP contribution in [0.4, 0.5) is 17.1 Å². The molecular formula is C21H26N4O5S. The maximum Gasteiger partial charge on any atom is 0.243 e. The van der Waals surface area contributed by atoms with Gasteiger partial charge in [-0.1, -0.05) is 13.0 Å². The fraction of sp³-hybridized carbons (Fsp3) is 0.286. The van der Waals surface area contributed by atoms with Gasteiger partial charge in [-0.15, -0.1) is 0 Å². The van der Waals surface area contributed by atoms with Gasteiger partial charge in [0, 0.05) is 37.5 Å². The van der Waals surface area contributed by atoms with Crippen molar-refractivity contribution in [3.8, 4) is 0 Å². The summed E-state index contributed by atoms with van der Waals surface area (Å²) in [6, 6.07) is 10.8. The molecule has 2 aromatic rings. The maximum absolute atomic E-state index is 12.7. The van der Waals surface area contributed by atoms with Gasteiger partial charge >= 0.3 is 0 Å². The lowest BCUT2D eigenvalue weighted by molar-refractivity contribution is -0.116. The Morgan fingerprint density at radius 1 is 0.903 bits per heavy atom. The van der Waals surface area contributed by atoms with E-state index in [1.54, 1.807) is 32.0 Å². The third-order valence-electron chi connectivity index (χ3n) is 4.37. The smallest absolute Gasteiger partial charge is 0.243 e. The number of hydrogen-bond acceptors (Lipinski definition) is 5. The third-order valence-corrected chi connectivity index (χ3v) is 6.18. The molecule has 0 saturated heterocycles. The molecule has 166 valence electrons. The summed E-state index contributed by atoms with van der Waals surface area (Å²) in [6.45, 7) is 4.47. The molecule has 0 aliphatic carbocycles. The van der Waals surface area contributed by atoms with Crippen LogP contribution in [0.2, 0.25) is 0 Å². The van der Waals surface area contributed by atoms with Crippen LogP contribution in [0.25, 0.3) is 0 Å². The highest BCUT2D eigenvalue weighted by Crippen LogP contribution is 2.21. The Kier molecular flexibility index (Phi) is 7.89. The number of aryl methyl sites for hydroxylation is 1. The van der Waals surface area contributed by atoms with Crippen molar-refractivity contribution in [1.29, 1.82) is 0 Å². The summed E-state index contributed by atoms with van der Waals surface area (Å²) in [7, 11) is -2.60. The van der Waals surface area contributed by atoms with Gasteiger partial charge in [-0.3, -0.25) is 14.4 Å². The Labute approximate surface area is 181 Å². The van der Waals surface area contributed by atoms with Crippen molar-refractivity contribution in [1.82, 2.24) is 4.31 Å². The van der Waals surface area contributed by atoms with Gasteiger partial charge in [0.2, 0.25) is 27.7 Å². The number of hydrogen-bond donors (Lipinski definition) is 3. The Hall–Kier alpha value is -3.24. The molecular weight excluding hydrogens is 420 g/mol. The fourth-order valence-electron chi connectivity index (χ4n) is 2.65. The third kappa shape index (κ3) is 6.63. The predicted octanol–water partition coefficient (Wildman–Crippen LogP) is 2.56. The second-order valence-corrected chi connectivity index (χ2v) is 8.99. The SMILES string of the molecule is CCC(=O)Nc1ccc(C)c(NC(=O)CN(C)S(=O)(=O)c2ccc(NC(C)=O)cc2)c1. The van der Waals surface area contributed by atoms with E-state index in [1.165, 1.54) is 38.2 Å². The summed E-state index contributed by atoms with van der Waals surface area (Å²) in [5, 5.41) is 7.96. The zero-order chi connectivity index (χ0) is 23.2. The first kappa shape index (κ1) is 24.0. The Morgan fingerprint density at radius 3 is 2.10 bits per heavy atom. The van der Waals surface area contributed by atoms with Gasteiger partial charge in [-0.25, -0.2) is 8.42 Å². The number of nitrogens with one attached hydrogen (secondary N) is 3. The van der Waals surface area contributed by atoms with Crippen molar-refractivity contribution in [3.05, 3.63) is 48.0 Å². The van der Waals surface area contributed by atoms with Crippen molar-refractivity contribution in [2.45, 2.75) is 32.1 Å². The monoisotopic (exact) mass is 446 g/mol. The van der Waals surface area contributed by atoms with E-state index in [-0.39, 0.29) is 16.7 Å². The fourth-order valence-corrected chi connectivity index (χ4v) is 3.78. The van der Waals surface area contributed by atoms with Crippen LogP contribution in [0.5, 0.6) is 0 Å². The van der Waals surface area contributed by atoms with E-state index >= 15 is 0 Å². The summed E-state index contributed by atoms with van der Waals surface area (Å²) >= 11 is 0. The van der Waals surface area contributed by atoms with Crippen LogP contribution in [-0.4, -0.2) is 44.0 Å². The van der Waals surface area contributed by atoms with Gasteiger partial charge in [-0.2, -0.15) is 4.31 Å². The zero-order valence-corrected chi connectivity index (χ0v) is 18.7. The first-order chi connectivity index (χ1) is 14.5. The number of nitrogens with zero attached hydrogens (tertiary/aromatic N) is 1. The molecule has 0 aromatic heterocycles. The van der Waals surface area contributed by atoms with Crippen LogP contribution in [0.3, 0.4) is 0 Å². The average Bonchev–Trinajstić information content (AvgIpc) is 2.70. The Balaban J connectivity index is 2.08. The van der Waals surface area contributed by atoms with Gasteiger partial charge in [0.05, 0.1) is 11.4 Å². The van der Waals surface area contributed by atoms with E-state index in [0.717, 1.165) is 9.87 Å². The summed E-state index contributed by atoms with van der Waals surface area (Å²) in [5.41, 5.74) is 2.25. The van der Waals surface area contributed by atoms with Crippen molar-refractivity contribution in [2.24, 2.45) is 0 Å². The predicted molar refractivity (Wildman–Crippen MR) is 119 cm³/mol. The second-order valence-electron chi connectivity index (χ2n) is 6.95. The average molecular weight is 447 g/mol. The minimum Gasteiger partial charge on any atom is -0.326 e. The van der Waals surface area contributed by atoms with Gasteiger partial charge < -0.3 is 16.0 Å². The van der Waals surface area contributed by atoms with Crippen LogP contribution in [0, 0.1) is 6.92 Å². The highest BCUT2D eigenvalue weighted by atomic mass is 32.2. The summed E-state index contributed by atoms with van der Waals surface area (Å²) in [5.74, 6) is -0.947. The molecule has 3 amide bonds. The summed E-state index contributed by atoms with van der Waals surface area (Å²) < 4.78 is 26.4. The first-order valence-electron chi connectivity index (χ1n) is 9.57. The van der Waals surface area contributed by atoms with Gasteiger partial charge in [0.1, 0.15) is 0 Å². The molecule has 2 rings (SSSR count). The van der Waals surface area contributed by atoms with E-state index in [2.05, 4.69) is 16.0 Å². The molecule has 0 bridgehead atoms. The number of amides is 3. The van der Waals surface area contributed by atoms with Gasteiger partial charge in [0.25, 0.3) is 0 Å². The molecule has 0 radical (unpaired) electrons. The largest absolute Gasteiger partial charge is 0.326 e. The number of sulfonamides is 1. The second kappa shape index (κ2) is 10.2. The van der Waals surface area contributed by atoms with Crippen molar-refractivity contribution in [3.63, 3.8) is 0 Å². The number of carbonyl (C=O) groups excluding carboxylic acids is 3. The van der Waals surface area contributed by atoms with Crippen LogP contribution in [0.1, 0.15) is 25.8 Å². The number of rotatable bonds is 8. The van der Waals surface area contributed by atoms with Gasteiger partial charge in [0.15, 0.2) is 0 Å². The molecule has 0 atom stereocenters. The number of anilines is 3. The summed E-state index contributed by atoms with van der Waals surface area (Å²) in [6.07, 6.45) is 0.323. The topological polar surface area (TPSA) is 125 Å².